The number of rotatable bonds is 4. The summed E-state index contributed by atoms with van der Waals surface area (Å²) < 4.78 is 5.82. The molecule has 0 saturated carbocycles. The van der Waals surface area contributed by atoms with Gasteiger partial charge in [-0.3, -0.25) is 0 Å². The number of alkyl halides is 1. The highest BCUT2D eigenvalue weighted by Crippen LogP contribution is 2.29. The monoisotopic (exact) mass is 339 g/mol. The Morgan fingerprint density at radius 1 is 1.20 bits per heavy atom. The fraction of sp³-hybridized carbons (Fsp3) is 0.733. The molecule has 0 amide bonds. The van der Waals surface area contributed by atoms with E-state index in [4.69, 9.17) is 4.74 Å². The van der Waals surface area contributed by atoms with Gasteiger partial charge in [0.1, 0.15) is 12.1 Å². The number of halogens is 1. The van der Waals surface area contributed by atoms with Crippen molar-refractivity contribution in [2.24, 2.45) is 0 Å². The van der Waals surface area contributed by atoms with E-state index in [9.17, 15) is 0 Å². The number of anilines is 1. The van der Waals surface area contributed by atoms with Crippen LogP contribution in [0.5, 0.6) is 0 Å². The molecule has 20 heavy (non-hydrogen) atoms. The van der Waals surface area contributed by atoms with Gasteiger partial charge in [0, 0.05) is 29.7 Å². The third-order valence-electron chi connectivity index (χ3n) is 4.27. The highest BCUT2D eigenvalue weighted by Gasteiger charge is 2.24. The molecule has 2 aliphatic rings. The standard InChI is InChI=1S/C15H22BrN3O/c16-7-10-20-12-5-8-19(9-6-12)15-13-3-1-2-4-14(13)17-11-18-15/h11-12H,1-10H2. The van der Waals surface area contributed by atoms with Crippen LogP contribution in [0.3, 0.4) is 0 Å². The molecular weight excluding hydrogens is 318 g/mol. The lowest BCUT2D eigenvalue weighted by atomic mass is 9.95. The van der Waals surface area contributed by atoms with Crippen molar-refractivity contribution >= 4 is 21.7 Å². The summed E-state index contributed by atoms with van der Waals surface area (Å²) >= 11 is 3.41. The maximum atomic E-state index is 5.82. The second kappa shape index (κ2) is 6.85. The van der Waals surface area contributed by atoms with E-state index in [2.05, 4.69) is 30.8 Å². The smallest absolute Gasteiger partial charge is 0.135 e. The molecule has 1 aliphatic heterocycles. The summed E-state index contributed by atoms with van der Waals surface area (Å²) in [5.41, 5.74) is 2.68. The number of aromatic nitrogens is 2. The molecule has 0 unspecified atom stereocenters. The lowest BCUT2D eigenvalue weighted by Crippen LogP contribution is -2.38. The number of fused-ring (bicyclic) bond motifs is 1. The van der Waals surface area contributed by atoms with Crippen LogP contribution in [-0.4, -0.2) is 41.1 Å². The van der Waals surface area contributed by atoms with Gasteiger partial charge >= 0.3 is 0 Å². The number of aryl methyl sites for hydroxylation is 1. The molecule has 2 heterocycles. The largest absolute Gasteiger partial charge is 0.377 e. The van der Waals surface area contributed by atoms with Gasteiger partial charge in [0.2, 0.25) is 0 Å². The first-order valence-corrected chi connectivity index (χ1v) is 8.76. The Morgan fingerprint density at radius 2 is 2.00 bits per heavy atom. The molecule has 0 N–H and O–H groups in total. The molecule has 4 nitrogen and oxygen atoms in total. The zero-order chi connectivity index (χ0) is 13.8. The minimum Gasteiger partial charge on any atom is -0.377 e. The maximum absolute atomic E-state index is 5.82. The van der Waals surface area contributed by atoms with Crippen LogP contribution in [0, 0.1) is 0 Å². The minimum atomic E-state index is 0.418. The lowest BCUT2D eigenvalue weighted by molar-refractivity contribution is 0.0479. The Balaban J connectivity index is 1.66. The van der Waals surface area contributed by atoms with Gasteiger partial charge < -0.3 is 9.64 Å². The SMILES string of the molecule is BrCCOC1CCN(c2ncnc3c2CCCC3)CC1. The van der Waals surface area contributed by atoms with Crippen molar-refractivity contribution in [1.29, 1.82) is 0 Å². The summed E-state index contributed by atoms with van der Waals surface area (Å²) in [6, 6.07) is 0. The van der Waals surface area contributed by atoms with E-state index in [0.717, 1.165) is 50.7 Å². The predicted molar refractivity (Wildman–Crippen MR) is 83.7 cm³/mol. The van der Waals surface area contributed by atoms with E-state index in [1.54, 1.807) is 6.33 Å². The molecule has 0 radical (unpaired) electrons. The van der Waals surface area contributed by atoms with Crippen molar-refractivity contribution in [1.82, 2.24) is 9.97 Å². The molecule has 1 aromatic rings. The van der Waals surface area contributed by atoms with E-state index in [-0.39, 0.29) is 0 Å². The van der Waals surface area contributed by atoms with Gasteiger partial charge in [-0.15, -0.1) is 0 Å². The van der Waals surface area contributed by atoms with Crippen molar-refractivity contribution in [2.45, 2.75) is 44.6 Å². The topological polar surface area (TPSA) is 38.2 Å². The van der Waals surface area contributed by atoms with Crippen molar-refractivity contribution in [3.05, 3.63) is 17.6 Å². The first-order valence-electron chi connectivity index (χ1n) is 7.63. The summed E-state index contributed by atoms with van der Waals surface area (Å²) in [7, 11) is 0. The first-order chi connectivity index (χ1) is 9.88. The number of hydrogen-bond acceptors (Lipinski definition) is 4. The summed E-state index contributed by atoms with van der Waals surface area (Å²) in [4.78, 5) is 11.5. The van der Waals surface area contributed by atoms with Gasteiger partial charge in [-0.2, -0.15) is 0 Å². The summed E-state index contributed by atoms with van der Waals surface area (Å²) in [6.45, 7) is 2.92. The highest BCUT2D eigenvalue weighted by atomic mass is 79.9. The molecular formula is C15H22BrN3O. The molecule has 0 aromatic carbocycles. The van der Waals surface area contributed by atoms with Crippen LogP contribution in [-0.2, 0) is 17.6 Å². The van der Waals surface area contributed by atoms with E-state index >= 15 is 0 Å². The third-order valence-corrected chi connectivity index (χ3v) is 4.60. The number of nitrogens with zero attached hydrogens (tertiary/aromatic N) is 3. The van der Waals surface area contributed by atoms with Gasteiger partial charge in [-0.25, -0.2) is 9.97 Å². The molecule has 0 spiro atoms. The van der Waals surface area contributed by atoms with E-state index in [1.165, 1.54) is 29.9 Å². The molecule has 3 rings (SSSR count). The number of ether oxygens (including phenoxy) is 1. The molecule has 0 bridgehead atoms. The summed E-state index contributed by atoms with van der Waals surface area (Å²) in [6.07, 6.45) is 9.18. The summed E-state index contributed by atoms with van der Waals surface area (Å²) in [5.74, 6) is 1.19. The lowest BCUT2D eigenvalue weighted by Gasteiger charge is -2.34. The van der Waals surface area contributed by atoms with E-state index in [0.29, 0.717) is 6.10 Å². The van der Waals surface area contributed by atoms with Crippen molar-refractivity contribution in [3.63, 3.8) is 0 Å². The molecule has 1 aliphatic carbocycles. The Labute approximate surface area is 129 Å². The van der Waals surface area contributed by atoms with E-state index in [1.807, 2.05) is 0 Å². The number of piperidine rings is 1. The fourth-order valence-electron chi connectivity index (χ4n) is 3.22. The zero-order valence-corrected chi connectivity index (χ0v) is 13.4. The fourth-order valence-corrected chi connectivity index (χ4v) is 3.41. The zero-order valence-electron chi connectivity index (χ0n) is 11.9. The van der Waals surface area contributed by atoms with Crippen LogP contribution >= 0.6 is 15.9 Å². The molecule has 0 atom stereocenters. The Kier molecular flexibility index (Phi) is 4.89. The molecule has 5 heteroatoms. The van der Waals surface area contributed by atoms with Gasteiger partial charge in [-0.1, -0.05) is 15.9 Å². The van der Waals surface area contributed by atoms with Crippen LogP contribution < -0.4 is 4.90 Å². The predicted octanol–water partition coefficient (Wildman–Crippen LogP) is 2.74. The molecule has 1 saturated heterocycles. The molecule has 1 fully saturated rings. The minimum absolute atomic E-state index is 0.418. The maximum Gasteiger partial charge on any atom is 0.135 e. The quantitative estimate of drug-likeness (QED) is 0.790. The van der Waals surface area contributed by atoms with Gasteiger partial charge in [-0.05, 0) is 38.5 Å². The van der Waals surface area contributed by atoms with Crippen LogP contribution in [0.1, 0.15) is 36.9 Å². The third kappa shape index (κ3) is 3.14. The Bertz CT molecular complexity index is 447. The second-order valence-electron chi connectivity index (χ2n) is 5.58. The van der Waals surface area contributed by atoms with Gasteiger partial charge in [0.05, 0.1) is 12.7 Å². The normalized spacial score (nSPS) is 19.9. The van der Waals surface area contributed by atoms with Crippen LogP contribution in [0.25, 0.3) is 0 Å². The second-order valence-corrected chi connectivity index (χ2v) is 6.37. The number of hydrogen-bond donors (Lipinski definition) is 0. The molecule has 1 aromatic heterocycles. The Hall–Kier alpha value is -0.680. The Morgan fingerprint density at radius 3 is 2.80 bits per heavy atom. The average molecular weight is 340 g/mol. The van der Waals surface area contributed by atoms with Crippen LogP contribution in [0.4, 0.5) is 5.82 Å². The van der Waals surface area contributed by atoms with Crippen LogP contribution in [0.15, 0.2) is 6.33 Å². The average Bonchev–Trinajstić information content (AvgIpc) is 2.53. The van der Waals surface area contributed by atoms with Gasteiger partial charge in [0.15, 0.2) is 0 Å². The van der Waals surface area contributed by atoms with E-state index < -0.39 is 0 Å². The highest BCUT2D eigenvalue weighted by molar-refractivity contribution is 9.09. The van der Waals surface area contributed by atoms with Crippen molar-refractivity contribution in [3.8, 4) is 0 Å². The summed E-state index contributed by atoms with van der Waals surface area (Å²) in [5, 5.41) is 0.923. The molecule has 110 valence electrons. The van der Waals surface area contributed by atoms with Crippen LogP contribution in [0.2, 0.25) is 0 Å². The van der Waals surface area contributed by atoms with Crippen molar-refractivity contribution in [2.75, 3.05) is 29.9 Å². The van der Waals surface area contributed by atoms with Gasteiger partial charge in [0.25, 0.3) is 0 Å². The first kappa shape index (κ1) is 14.3. The van der Waals surface area contributed by atoms with Crippen molar-refractivity contribution < 1.29 is 4.74 Å².